The molecule has 7 heteroatoms. The van der Waals surface area contributed by atoms with E-state index in [9.17, 15) is 4.79 Å². The summed E-state index contributed by atoms with van der Waals surface area (Å²) in [5.41, 5.74) is 1.91. The van der Waals surface area contributed by atoms with Crippen LogP contribution in [0.1, 0.15) is 11.1 Å². The van der Waals surface area contributed by atoms with Crippen LogP contribution in [0.3, 0.4) is 0 Å². The minimum Gasteiger partial charge on any atom is -0.490 e. The van der Waals surface area contributed by atoms with Crippen LogP contribution in [0.5, 0.6) is 11.5 Å². The van der Waals surface area contributed by atoms with Crippen molar-refractivity contribution in [1.29, 1.82) is 0 Å². The fraction of sp³-hybridized carbons (Fsp3) is 0.200. The fourth-order valence-corrected chi connectivity index (χ4v) is 3.75. The lowest BCUT2D eigenvalue weighted by atomic mass is 10.2. The predicted molar refractivity (Wildman–Crippen MR) is 115 cm³/mol. The largest absolute Gasteiger partial charge is 0.490 e. The molecule has 0 aromatic heterocycles. The zero-order chi connectivity index (χ0) is 19.4. The van der Waals surface area contributed by atoms with Crippen molar-refractivity contribution in [3.05, 3.63) is 63.5 Å². The molecule has 1 aliphatic rings. The minimum absolute atomic E-state index is 0.126. The molecule has 27 heavy (non-hydrogen) atoms. The lowest BCUT2D eigenvalue weighted by Crippen LogP contribution is -2.22. The lowest BCUT2D eigenvalue weighted by Gasteiger charge is -2.11. The topological polar surface area (TPSA) is 38.8 Å². The molecule has 0 N–H and O–H groups in total. The summed E-state index contributed by atoms with van der Waals surface area (Å²) in [4.78, 5) is 14.2. The highest BCUT2D eigenvalue weighted by molar-refractivity contribution is 8.26. The number of hydrogen-bond donors (Lipinski definition) is 0. The Hall–Kier alpha value is -2.02. The first kappa shape index (κ1) is 19.7. The van der Waals surface area contributed by atoms with E-state index >= 15 is 0 Å². The molecule has 1 aliphatic heterocycles. The van der Waals surface area contributed by atoms with Crippen molar-refractivity contribution in [3.8, 4) is 11.5 Å². The molecule has 0 radical (unpaired) electrons. The lowest BCUT2D eigenvalue weighted by molar-refractivity contribution is -0.121. The van der Waals surface area contributed by atoms with Gasteiger partial charge >= 0.3 is 0 Å². The molecule has 0 unspecified atom stereocenters. The minimum atomic E-state index is -0.126. The number of aryl methyl sites for hydroxylation is 1. The molecule has 140 valence electrons. The second kappa shape index (κ2) is 8.78. The summed E-state index contributed by atoms with van der Waals surface area (Å²) >= 11 is 12.5. The summed E-state index contributed by atoms with van der Waals surface area (Å²) in [6.07, 6.45) is 1.75. The highest BCUT2D eigenvalue weighted by Gasteiger charge is 2.28. The van der Waals surface area contributed by atoms with E-state index in [1.807, 2.05) is 31.2 Å². The van der Waals surface area contributed by atoms with Crippen LogP contribution in [-0.4, -0.2) is 35.4 Å². The Morgan fingerprint density at radius 2 is 1.85 bits per heavy atom. The number of benzene rings is 2. The molecule has 1 amide bonds. The number of thioether (sulfide) groups is 1. The van der Waals surface area contributed by atoms with Crippen LogP contribution in [0.25, 0.3) is 6.08 Å². The first-order valence-electron chi connectivity index (χ1n) is 8.27. The van der Waals surface area contributed by atoms with Gasteiger partial charge in [0.2, 0.25) is 0 Å². The molecular weight excluding hydrogens is 402 g/mol. The molecule has 0 aliphatic carbocycles. The standard InChI is InChI=1S/C20H18ClNO3S2/c1-13-3-6-16(7-4-13)24-9-10-25-17-8-5-15(21)11-14(17)12-18-19(23)22(2)20(26)27-18/h3-8,11-12H,9-10H2,1-2H3/b18-12+. The van der Waals surface area contributed by atoms with Gasteiger partial charge in [-0.25, -0.2) is 0 Å². The molecule has 0 atom stereocenters. The van der Waals surface area contributed by atoms with Crippen molar-refractivity contribution in [1.82, 2.24) is 4.90 Å². The molecule has 2 aromatic carbocycles. The van der Waals surface area contributed by atoms with E-state index in [4.69, 9.17) is 33.3 Å². The molecule has 0 saturated carbocycles. The molecule has 2 aromatic rings. The summed E-state index contributed by atoms with van der Waals surface area (Å²) in [5, 5.41) is 0.566. The van der Waals surface area contributed by atoms with Gasteiger partial charge in [-0.3, -0.25) is 9.69 Å². The van der Waals surface area contributed by atoms with E-state index in [0.29, 0.717) is 33.2 Å². The summed E-state index contributed by atoms with van der Waals surface area (Å²) in [5.74, 6) is 1.30. The Bertz CT molecular complexity index is 897. The summed E-state index contributed by atoms with van der Waals surface area (Å²) < 4.78 is 12.0. The van der Waals surface area contributed by atoms with E-state index in [1.165, 1.54) is 22.2 Å². The highest BCUT2D eigenvalue weighted by atomic mass is 35.5. The molecule has 1 saturated heterocycles. The van der Waals surface area contributed by atoms with Gasteiger partial charge in [0.25, 0.3) is 5.91 Å². The van der Waals surface area contributed by atoms with Crippen molar-refractivity contribution in [3.63, 3.8) is 0 Å². The Morgan fingerprint density at radius 3 is 2.52 bits per heavy atom. The SMILES string of the molecule is Cc1ccc(OCCOc2ccc(Cl)cc2/C=C2/SC(=S)N(C)C2=O)cc1. The fourth-order valence-electron chi connectivity index (χ4n) is 2.40. The third-order valence-electron chi connectivity index (χ3n) is 3.88. The van der Waals surface area contributed by atoms with Crippen LogP contribution in [-0.2, 0) is 4.79 Å². The van der Waals surface area contributed by atoms with E-state index in [2.05, 4.69) is 0 Å². The average Bonchev–Trinajstić information content (AvgIpc) is 2.88. The summed E-state index contributed by atoms with van der Waals surface area (Å²) in [7, 11) is 1.66. The maximum Gasteiger partial charge on any atom is 0.265 e. The molecular formula is C20H18ClNO3S2. The Balaban J connectivity index is 1.66. The van der Waals surface area contributed by atoms with Crippen molar-refractivity contribution >= 4 is 51.9 Å². The quantitative estimate of drug-likeness (QED) is 0.377. The Labute approximate surface area is 173 Å². The molecule has 0 spiro atoms. The zero-order valence-corrected chi connectivity index (χ0v) is 17.3. The van der Waals surface area contributed by atoms with Gasteiger partial charge in [0.1, 0.15) is 29.0 Å². The van der Waals surface area contributed by atoms with Gasteiger partial charge in [-0.2, -0.15) is 0 Å². The van der Waals surface area contributed by atoms with E-state index in [1.54, 1.807) is 31.3 Å². The van der Waals surface area contributed by atoms with Gasteiger partial charge in [0, 0.05) is 17.6 Å². The Morgan fingerprint density at radius 1 is 1.15 bits per heavy atom. The first-order valence-corrected chi connectivity index (χ1v) is 9.87. The van der Waals surface area contributed by atoms with E-state index < -0.39 is 0 Å². The molecule has 1 heterocycles. The number of carbonyl (C=O) groups excluding carboxylic acids is 1. The number of amides is 1. The van der Waals surface area contributed by atoms with Crippen LogP contribution < -0.4 is 9.47 Å². The number of thiocarbonyl (C=S) groups is 1. The van der Waals surface area contributed by atoms with Crippen molar-refractivity contribution < 1.29 is 14.3 Å². The number of ether oxygens (including phenoxy) is 2. The van der Waals surface area contributed by atoms with Crippen molar-refractivity contribution in [2.45, 2.75) is 6.92 Å². The number of nitrogens with zero attached hydrogens (tertiary/aromatic N) is 1. The van der Waals surface area contributed by atoms with Gasteiger partial charge in [0.15, 0.2) is 0 Å². The molecule has 0 bridgehead atoms. The third kappa shape index (κ3) is 5.03. The number of likely N-dealkylation sites (N-methyl/N-ethyl adjacent to an activating group) is 1. The maximum absolute atomic E-state index is 12.2. The predicted octanol–water partition coefficient (Wildman–Crippen LogP) is 4.94. The van der Waals surface area contributed by atoms with Crippen LogP contribution in [0.4, 0.5) is 0 Å². The number of carbonyl (C=O) groups is 1. The second-order valence-electron chi connectivity index (χ2n) is 5.93. The van der Waals surface area contributed by atoms with Gasteiger partial charge < -0.3 is 9.47 Å². The summed E-state index contributed by atoms with van der Waals surface area (Å²) in [6, 6.07) is 13.1. The van der Waals surface area contributed by atoms with Gasteiger partial charge in [-0.1, -0.05) is 53.3 Å². The molecule has 3 rings (SSSR count). The first-order chi connectivity index (χ1) is 12.9. The van der Waals surface area contributed by atoms with Gasteiger partial charge in [-0.05, 0) is 43.3 Å². The monoisotopic (exact) mass is 419 g/mol. The molecule has 4 nitrogen and oxygen atoms in total. The van der Waals surface area contributed by atoms with E-state index in [-0.39, 0.29) is 5.91 Å². The second-order valence-corrected chi connectivity index (χ2v) is 8.05. The van der Waals surface area contributed by atoms with Gasteiger partial charge in [0.05, 0.1) is 4.91 Å². The van der Waals surface area contributed by atoms with Crippen LogP contribution in [0, 0.1) is 6.92 Å². The van der Waals surface area contributed by atoms with Crippen molar-refractivity contribution in [2.24, 2.45) is 0 Å². The van der Waals surface area contributed by atoms with Crippen molar-refractivity contribution in [2.75, 3.05) is 20.3 Å². The van der Waals surface area contributed by atoms with Crippen LogP contribution in [0.2, 0.25) is 5.02 Å². The molecule has 1 fully saturated rings. The van der Waals surface area contributed by atoms with E-state index in [0.717, 1.165) is 11.3 Å². The smallest absolute Gasteiger partial charge is 0.265 e. The van der Waals surface area contributed by atoms with Gasteiger partial charge in [-0.15, -0.1) is 0 Å². The normalized spacial score (nSPS) is 15.5. The van der Waals surface area contributed by atoms with Crippen LogP contribution >= 0.6 is 35.6 Å². The number of hydrogen-bond acceptors (Lipinski definition) is 5. The maximum atomic E-state index is 12.2. The number of rotatable bonds is 6. The average molecular weight is 420 g/mol. The van der Waals surface area contributed by atoms with Crippen LogP contribution in [0.15, 0.2) is 47.4 Å². The zero-order valence-electron chi connectivity index (χ0n) is 14.9. The number of halogens is 1. The summed E-state index contributed by atoms with van der Waals surface area (Å²) in [6.45, 7) is 2.80. The third-order valence-corrected chi connectivity index (χ3v) is 5.60. The highest BCUT2D eigenvalue weighted by Crippen LogP contribution is 2.34. The Kier molecular flexibility index (Phi) is 6.42.